The van der Waals surface area contributed by atoms with Gasteiger partial charge in [-0.15, -0.1) is 13.2 Å². The number of nitrogens with one attached hydrogen (secondary N) is 2. The van der Waals surface area contributed by atoms with Gasteiger partial charge in [-0.3, -0.25) is 9.59 Å². The molecule has 7 nitrogen and oxygen atoms in total. The Morgan fingerprint density at radius 1 is 1.15 bits per heavy atom. The first-order valence-corrected chi connectivity index (χ1v) is 11.9. The summed E-state index contributed by atoms with van der Waals surface area (Å²) in [5, 5.41) is 6.11. The van der Waals surface area contributed by atoms with Crippen molar-refractivity contribution in [2.45, 2.75) is 57.9 Å². The van der Waals surface area contributed by atoms with E-state index in [2.05, 4.69) is 15.4 Å². The van der Waals surface area contributed by atoms with Crippen molar-refractivity contribution in [2.24, 2.45) is 11.8 Å². The summed E-state index contributed by atoms with van der Waals surface area (Å²) in [5.74, 6) is -0.331. The smallest absolute Gasteiger partial charge is 0.406 e. The summed E-state index contributed by atoms with van der Waals surface area (Å²) < 4.78 is 46.0. The Hall–Kier alpha value is -2.49. The third-order valence-corrected chi connectivity index (χ3v) is 6.34. The lowest BCUT2D eigenvalue weighted by molar-refractivity contribution is -0.274. The zero-order valence-corrected chi connectivity index (χ0v) is 19.5. The molecule has 0 bridgehead atoms. The molecule has 2 amide bonds. The van der Waals surface area contributed by atoms with Crippen LogP contribution in [0.25, 0.3) is 0 Å². The van der Waals surface area contributed by atoms with E-state index in [1.807, 2.05) is 6.92 Å². The number of anilines is 1. The van der Waals surface area contributed by atoms with Crippen LogP contribution in [0.5, 0.6) is 5.75 Å². The average Bonchev–Trinajstić information content (AvgIpc) is 3.31. The van der Waals surface area contributed by atoms with Crippen molar-refractivity contribution in [3.8, 4) is 5.75 Å². The molecule has 1 saturated carbocycles. The SMILES string of the molecule is C[C@@H](CNc1ccc(OC(F)(F)F)cc1)NC(=O)[C@@H](CC(=O)N1CCOCC1)CC1CCCC1. The van der Waals surface area contributed by atoms with E-state index < -0.39 is 6.36 Å². The van der Waals surface area contributed by atoms with Gasteiger partial charge in [0, 0.05) is 43.7 Å². The Morgan fingerprint density at radius 3 is 2.41 bits per heavy atom. The van der Waals surface area contributed by atoms with Crippen LogP contribution < -0.4 is 15.4 Å². The summed E-state index contributed by atoms with van der Waals surface area (Å²) in [4.78, 5) is 27.7. The topological polar surface area (TPSA) is 79.9 Å². The van der Waals surface area contributed by atoms with Gasteiger partial charge in [0.15, 0.2) is 0 Å². The lowest BCUT2D eigenvalue weighted by Crippen LogP contribution is -2.45. The molecule has 34 heavy (non-hydrogen) atoms. The number of alkyl halides is 3. The van der Waals surface area contributed by atoms with Gasteiger partial charge in [0.25, 0.3) is 0 Å². The van der Waals surface area contributed by atoms with Gasteiger partial charge in [-0.05, 0) is 43.5 Å². The van der Waals surface area contributed by atoms with Crippen molar-refractivity contribution in [3.63, 3.8) is 0 Å². The summed E-state index contributed by atoms with van der Waals surface area (Å²) in [7, 11) is 0. The molecule has 2 atom stereocenters. The Morgan fingerprint density at radius 2 is 1.79 bits per heavy atom. The summed E-state index contributed by atoms with van der Waals surface area (Å²) >= 11 is 0. The molecule has 0 spiro atoms. The zero-order valence-electron chi connectivity index (χ0n) is 19.5. The van der Waals surface area contributed by atoms with Gasteiger partial charge < -0.3 is 25.0 Å². The first kappa shape index (κ1) is 26.1. The van der Waals surface area contributed by atoms with Crippen LogP contribution in [-0.2, 0) is 14.3 Å². The molecule has 10 heteroatoms. The van der Waals surface area contributed by atoms with E-state index in [0.29, 0.717) is 50.9 Å². The van der Waals surface area contributed by atoms with E-state index >= 15 is 0 Å². The predicted octanol–water partition coefficient (Wildman–Crippen LogP) is 3.95. The van der Waals surface area contributed by atoms with Crippen LogP contribution >= 0.6 is 0 Å². The maximum Gasteiger partial charge on any atom is 0.573 e. The molecule has 0 radical (unpaired) electrons. The number of hydrogen-bond acceptors (Lipinski definition) is 5. The Kier molecular flexibility index (Phi) is 9.44. The van der Waals surface area contributed by atoms with Crippen molar-refractivity contribution < 1.29 is 32.2 Å². The van der Waals surface area contributed by atoms with Gasteiger partial charge >= 0.3 is 6.36 Å². The van der Waals surface area contributed by atoms with Crippen LogP contribution in [0.1, 0.15) is 45.4 Å². The third kappa shape index (κ3) is 8.70. The van der Waals surface area contributed by atoms with Gasteiger partial charge in [-0.1, -0.05) is 25.7 Å². The number of carbonyl (C=O) groups is 2. The molecule has 0 aromatic heterocycles. The highest BCUT2D eigenvalue weighted by Gasteiger charge is 2.31. The van der Waals surface area contributed by atoms with Crippen LogP contribution in [0.15, 0.2) is 24.3 Å². The minimum atomic E-state index is -4.73. The normalized spacial score (nSPS) is 18.9. The number of rotatable bonds is 10. The lowest BCUT2D eigenvalue weighted by Gasteiger charge is -2.29. The molecule has 1 heterocycles. The molecule has 1 aromatic rings. The van der Waals surface area contributed by atoms with Crippen molar-refractivity contribution >= 4 is 17.5 Å². The molecule has 1 aromatic carbocycles. The van der Waals surface area contributed by atoms with E-state index in [1.165, 1.54) is 37.1 Å². The summed E-state index contributed by atoms with van der Waals surface area (Å²) in [6.45, 7) is 4.41. The predicted molar refractivity (Wildman–Crippen MR) is 121 cm³/mol. The number of ether oxygens (including phenoxy) is 2. The van der Waals surface area contributed by atoms with Crippen LogP contribution in [0, 0.1) is 11.8 Å². The fourth-order valence-electron chi connectivity index (χ4n) is 4.54. The standard InChI is InChI=1S/C24H34F3N3O4/c1-17(16-28-20-6-8-21(9-7-20)34-24(25,26)27)29-23(32)19(14-18-4-2-3-5-18)15-22(31)30-10-12-33-13-11-30/h6-9,17-19,28H,2-5,10-16H2,1H3,(H,29,32)/t17-,19+/m0/s1. The Bertz CT molecular complexity index is 792. The zero-order chi connectivity index (χ0) is 24.6. The van der Waals surface area contributed by atoms with Crippen molar-refractivity contribution in [1.82, 2.24) is 10.2 Å². The number of nitrogens with zero attached hydrogens (tertiary/aromatic N) is 1. The highest BCUT2D eigenvalue weighted by molar-refractivity contribution is 5.86. The number of hydrogen-bond donors (Lipinski definition) is 2. The second-order valence-electron chi connectivity index (χ2n) is 9.14. The van der Waals surface area contributed by atoms with Crippen molar-refractivity contribution in [2.75, 3.05) is 38.2 Å². The highest BCUT2D eigenvalue weighted by atomic mass is 19.4. The van der Waals surface area contributed by atoms with Gasteiger partial charge in [0.05, 0.1) is 13.2 Å². The maximum atomic E-state index is 13.1. The Balaban J connectivity index is 1.50. The number of halogens is 3. The molecule has 3 rings (SSSR count). The second-order valence-corrected chi connectivity index (χ2v) is 9.14. The molecule has 2 fully saturated rings. The number of carbonyl (C=O) groups excluding carboxylic acids is 2. The quantitative estimate of drug-likeness (QED) is 0.525. The fraction of sp³-hybridized carbons (Fsp3) is 0.667. The minimum Gasteiger partial charge on any atom is -0.406 e. The lowest BCUT2D eigenvalue weighted by atomic mass is 9.89. The first-order chi connectivity index (χ1) is 16.2. The number of morpholine rings is 1. The van der Waals surface area contributed by atoms with Gasteiger partial charge in [-0.25, -0.2) is 0 Å². The van der Waals surface area contributed by atoms with E-state index in [9.17, 15) is 22.8 Å². The molecular weight excluding hydrogens is 451 g/mol. The molecule has 0 unspecified atom stereocenters. The molecular formula is C24H34F3N3O4. The van der Waals surface area contributed by atoms with Gasteiger partial charge in [-0.2, -0.15) is 0 Å². The van der Waals surface area contributed by atoms with E-state index in [1.54, 1.807) is 4.90 Å². The Labute approximate surface area is 198 Å². The molecule has 1 saturated heterocycles. The van der Waals surface area contributed by atoms with E-state index in [-0.39, 0.29) is 35.9 Å². The number of benzene rings is 1. The third-order valence-electron chi connectivity index (χ3n) is 6.34. The average molecular weight is 486 g/mol. The van der Waals surface area contributed by atoms with Crippen LogP contribution in [0.2, 0.25) is 0 Å². The van der Waals surface area contributed by atoms with Crippen LogP contribution in [-0.4, -0.2) is 62.0 Å². The van der Waals surface area contributed by atoms with Crippen molar-refractivity contribution in [1.29, 1.82) is 0 Å². The molecule has 2 N–H and O–H groups in total. The largest absolute Gasteiger partial charge is 0.573 e. The first-order valence-electron chi connectivity index (χ1n) is 11.9. The fourth-order valence-corrected chi connectivity index (χ4v) is 4.54. The monoisotopic (exact) mass is 485 g/mol. The minimum absolute atomic E-state index is 0.00612. The van der Waals surface area contributed by atoms with Crippen LogP contribution in [0.3, 0.4) is 0 Å². The maximum absolute atomic E-state index is 13.1. The van der Waals surface area contributed by atoms with E-state index in [4.69, 9.17) is 4.74 Å². The van der Waals surface area contributed by atoms with Crippen LogP contribution in [0.4, 0.5) is 18.9 Å². The summed E-state index contributed by atoms with van der Waals surface area (Å²) in [6, 6.07) is 5.20. The van der Waals surface area contributed by atoms with E-state index in [0.717, 1.165) is 12.8 Å². The van der Waals surface area contributed by atoms with Gasteiger partial charge in [0.2, 0.25) is 11.8 Å². The molecule has 2 aliphatic rings. The molecule has 190 valence electrons. The second kappa shape index (κ2) is 12.3. The molecule has 1 aliphatic heterocycles. The number of amides is 2. The van der Waals surface area contributed by atoms with Gasteiger partial charge in [0.1, 0.15) is 5.75 Å². The summed E-state index contributed by atoms with van der Waals surface area (Å²) in [6.07, 6.45) is 0.715. The summed E-state index contributed by atoms with van der Waals surface area (Å²) in [5.41, 5.74) is 0.612. The van der Waals surface area contributed by atoms with Crippen molar-refractivity contribution in [3.05, 3.63) is 24.3 Å². The highest BCUT2D eigenvalue weighted by Crippen LogP contribution is 2.32. The molecule has 1 aliphatic carbocycles.